The number of nitrogens with zero attached hydrogens (tertiary/aromatic N) is 1. The molecule has 0 N–H and O–H groups in total. The van der Waals surface area contributed by atoms with Gasteiger partial charge in [0.1, 0.15) is 0 Å². The van der Waals surface area contributed by atoms with E-state index < -0.39 is 0 Å². The molecule has 2 rings (SSSR count). The molecule has 12 heavy (non-hydrogen) atoms. The van der Waals surface area contributed by atoms with Crippen molar-refractivity contribution in [1.29, 1.82) is 0 Å². The monoisotopic (exact) mass is 165 g/mol. The molecule has 2 aliphatic heterocycles. The molecule has 66 valence electrons. The Bertz CT molecular complexity index is 234. The van der Waals surface area contributed by atoms with Gasteiger partial charge in [0.15, 0.2) is 0 Å². The summed E-state index contributed by atoms with van der Waals surface area (Å²) in [5.41, 5.74) is 1.32. The molecule has 1 amide bonds. The van der Waals surface area contributed by atoms with Gasteiger partial charge in [-0.3, -0.25) is 4.79 Å². The molecular weight excluding hydrogens is 150 g/mol. The summed E-state index contributed by atoms with van der Waals surface area (Å²) in [7, 11) is 0. The van der Waals surface area contributed by atoms with E-state index in [0.29, 0.717) is 18.0 Å². The number of fused-ring (bicyclic) bond motifs is 1. The van der Waals surface area contributed by atoms with Crippen molar-refractivity contribution in [3.05, 3.63) is 12.2 Å². The highest BCUT2D eigenvalue weighted by atomic mass is 16.2. The summed E-state index contributed by atoms with van der Waals surface area (Å²) in [6, 6.07) is 0.875. The Hall–Kier alpha value is -0.790. The lowest BCUT2D eigenvalue weighted by Gasteiger charge is -2.36. The van der Waals surface area contributed by atoms with E-state index in [4.69, 9.17) is 0 Å². The van der Waals surface area contributed by atoms with E-state index in [9.17, 15) is 4.79 Å². The van der Waals surface area contributed by atoms with Gasteiger partial charge in [-0.05, 0) is 26.2 Å². The van der Waals surface area contributed by atoms with Gasteiger partial charge in [-0.15, -0.1) is 0 Å². The van der Waals surface area contributed by atoms with Crippen LogP contribution in [0.1, 0.15) is 32.6 Å². The van der Waals surface area contributed by atoms with E-state index in [1.807, 2.05) is 0 Å². The summed E-state index contributed by atoms with van der Waals surface area (Å²) in [6.45, 7) is 6.14. The third-order valence-electron chi connectivity index (χ3n) is 2.96. The lowest BCUT2D eigenvalue weighted by Crippen LogP contribution is -2.43. The molecule has 2 heteroatoms. The maximum Gasteiger partial charge on any atom is 0.223 e. The van der Waals surface area contributed by atoms with Crippen molar-refractivity contribution < 1.29 is 4.79 Å². The Balaban J connectivity index is 2.19. The molecule has 2 heterocycles. The van der Waals surface area contributed by atoms with E-state index >= 15 is 0 Å². The van der Waals surface area contributed by atoms with Crippen molar-refractivity contribution in [2.75, 3.05) is 0 Å². The summed E-state index contributed by atoms with van der Waals surface area (Å²) in [5.74, 6) is 0.347. The average molecular weight is 165 g/mol. The van der Waals surface area contributed by atoms with Crippen LogP contribution in [0.15, 0.2) is 12.2 Å². The first kappa shape index (κ1) is 7.84. The minimum atomic E-state index is 0.347. The van der Waals surface area contributed by atoms with Gasteiger partial charge in [-0.25, -0.2) is 0 Å². The number of carbonyl (C=O) groups is 1. The summed E-state index contributed by atoms with van der Waals surface area (Å²) >= 11 is 0. The second kappa shape index (κ2) is 2.61. The molecule has 2 saturated heterocycles. The molecule has 0 radical (unpaired) electrons. The number of piperidine rings is 1. The average Bonchev–Trinajstić information content (AvgIpc) is 2.31. The van der Waals surface area contributed by atoms with Gasteiger partial charge in [-0.1, -0.05) is 12.2 Å². The molecule has 0 aromatic rings. The molecule has 2 fully saturated rings. The minimum Gasteiger partial charge on any atom is -0.336 e. The Morgan fingerprint density at radius 1 is 1.50 bits per heavy atom. The molecule has 0 spiro atoms. The Morgan fingerprint density at radius 2 is 2.25 bits per heavy atom. The van der Waals surface area contributed by atoms with Gasteiger partial charge in [-0.2, -0.15) is 0 Å². The van der Waals surface area contributed by atoms with Crippen LogP contribution < -0.4 is 0 Å². The predicted molar refractivity (Wildman–Crippen MR) is 47.7 cm³/mol. The minimum absolute atomic E-state index is 0.347. The molecule has 2 nitrogen and oxygen atoms in total. The number of hydrogen-bond acceptors (Lipinski definition) is 1. The molecule has 0 unspecified atom stereocenters. The van der Waals surface area contributed by atoms with Crippen LogP contribution in [0.4, 0.5) is 0 Å². The fraction of sp³-hybridized carbons (Fsp3) is 0.700. The van der Waals surface area contributed by atoms with Crippen molar-refractivity contribution in [3.8, 4) is 0 Å². The summed E-state index contributed by atoms with van der Waals surface area (Å²) in [6.07, 6.45) is 3.84. The highest BCUT2D eigenvalue weighted by molar-refractivity contribution is 5.79. The second-order valence-corrected chi connectivity index (χ2v) is 4.00. The Kier molecular flexibility index (Phi) is 1.71. The van der Waals surface area contributed by atoms with E-state index in [0.717, 1.165) is 25.7 Å². The van der Waals surface area contributed by atoms with Crippen LogP contribution >= 0.6 is 0 Å². The molecule has 0 aromatic carbocycles. The first-order chi connectivity index (χ1) is 5.68. The Morgan fingerprint density at radius 3 is 3.00 bits per heavy atom. The van der Waals surface area contributed by atoms with E-state index in [1.54, 1.807) is 0 Å². The maximum atomic E-state index is 11.4. The molecule has 2 aliphatic rings. The van der Waals surface area contributed by atoms with E-state index in [-0.39, 0.29) is 0 Å². The van der Waals surface area contributed by atoms with Gasteiger partial charge in [0.2, 0.25) is 5.91 Å². The van der Waals surface area contributed by atoms with Crippen molar-refractivity contribution in [2.24, 2.45) is 0 Å². The maximum absolute atomic E-state index is 11.4. The third-order valence-corrected chi connectivity index (χ3v) is 2.96. The number of hydrogen-bond donors (Lipinski definition) is 0. The molecule has 2 atom stereocenters. The summed E-state index contributed by atoms with van der Waals surface area (Å²) in [5, 5.41) is 0. The largest absolute Gasteiger partial charge is 0.336 e. The van der Waals surface area contributed by atoms with Gasteiger partial charge < -0.3 is 4.90 Å². The zero-order chi connectivity index (χ0) is 8.72. The number of rotatable bonds is 0. The van der Waals surface area contributed by atoms with Crippen molar-refractivity contribution >= 4 is 5.91 Å². The van der Waals surface area contributed by atoms with Crippen LogP contribution in [-0.4, -0.2) is 22.9 Å². The van der Waals surface area contributed by atoms with E-state index in [2.05, 4.69) is 18.4 Å². The highest BCUT2D eigenvalue weighted by Gasteiger charge is 2.37. The predicted octanol–water partition coefficient (Wildman–Crippen LogP) is 1.72. The SMILES string of the molecule is C=C1C[C@H]2CCC(=O)N2[C@H](C)C1. The smallest absolute Gasteiger partial charge is 0.223 e. The van der Waals surface area contributed by atoms with Crippen molar-refractivity contribution in [2.45, 2.75) is 44.7 Å². The lowest BCUT2D eigenvalue weighted by molar-refractivity contribution is -0.131. The first-order valence-electron chi connectivity index (χ1n) is 4.66. The molecule has 0 aliphatic carbocycles. The third kappa shape index (κ3) is 1.06. The molecule has 0 saturated carbocycles. The number of amides is 1. The molecule has 0 aromatic heterocycles. The van der Waals surface area contributed by atoms with Crippen LogP contribution in [0.3, 0.4) is 0 Å². The van der Waals surface area contributed by atoms with Gasteiger partial charge in [0.05, 0.1) is 0 Å². The fourth-order valence-electron chi connectivity index (χ4n) is 2.50. The number of carbonyl (C=O) groups excluding carboxylic acids is 1. The summed E-state index contributed by atoms with van der Waals surface area (Å²) in [4.78, 5) is 13.5. The standard InChI is InChI=1S/C10H15NO/c1-7-5-8(2)11-9(6-7)3-4-10(11)12/h8-9H,1,3-6H2,2H3/t8-,9-/m1/s1. The lowest BCUT2D eigenvalue weighted by atomic mass is 9.94. The fourth-order valence-corrected chi connectivity index (χ4v) is 2.50. The van der Waals surface area contributed by atoms with Crippen LogP contribution in [-0.2, 0) is 4.79 Å². The van der Waals surface area contributed by atoms with Crippen LogP contribution in [0.2, 0.25) is 0 Å². The molecule has 0 bridgehead atoms. The van der Waals surface area contributed by atoms with Crippen LogP contribution in [0.25, 0.3) is 0 Å². The molecular formula is C10H15NO. The topological polar surface area (TPSA) is 20.3 Å². The second-order valence-electron chi connectivity index (χ2n) is 4.00. The zero-order valence-corrected chi connectivity index (χ0v) is 7.55. The van der Waals surface area contributed by atoms with Crippen molar-refractivity contribution in [3.63, 3.8) is 0 Å². The normalized spacial score (nSPS) is 35.6. The zero-order valence-electron chi connectivity index (χ0n) is 7.55. The van der Waals surface area contributed by atoms with Crippen LogP contribution in [0.5, 0.6) is 0 Å². The van der Waals surface area contributed by atoms with Crippen molar-refractivity contribution in [1.82, 2.24) is 4.90 Å². The van der Waals surface area contributed by atoms with Gasteiger partial charge in [0.25, 0.3) is 0 Å². The highest BCUT2D eigenvalue weighted by Crippen LogP contribution is 2.33. The van der Waals surface area contributed by atoms with Gasteiger partial charge in [0, 0.05) is 18.5 Å². The Labute approximate surface area is 73.2 Å². The first-order valence-corrected chi connectivity index (χ1v) is 4.66. The van der Waals surface area contributed by atoms with Gasteiger partial charge >= 0.3 is 0 Å². The van der Waals surface area contributed by atoms with E-state index in [1.165, 1.54) is 5.57 Å². The van der Waals surface area contributed by atoms with Crippen LogP contribution in [0, 0.1) is 0 Å². The quantitative estimate of drug-likeness (QED) is 0.500. The summed E-state index contributed by atoms with van der Waals surface area (Å²) < 4.78 is 0.